The van der Waals surface area contributed by atoms with E-state index in [1.165, 1.54) is 43.3 Å². The molecule has 2 aromatic rings. The summed E-state index contributed by atoms with van der Waals surface area (Å²) in [6, 6.07) is 8.94. The van der Waals surface area contributed by atoms with Gasteiger partial charge in [-0.2, -0.15) is 0 Å². The highest BCUT2D eigenvalue weighted by Crippen LogP contribution is 2.29. The third kappa shape index (κ3) is 3.28. The van der Waals surface area contributed by atoms with Gasteiger partial charge >= 0.3 is 0 Å². The second kappa shape index (κ2) is 6.79. The highest BCUT2D eigenvalue weighted by atomic mass is 32.2. The first-order chi connectivity index (χ1) is 11.3. The average Bonchev–Trinajstić information content (AvgIpc) is 2.53. The number of nitro groups is 1. The lowest BCUT2D eigenvalue weighted by molar-refractivity contribution is -0.385. The first kappa shape index (κ1) is 17.6. The van der Waals surface area contributed by atoms with E-state index in [1.807, 2.05) is 0 Å². The molecule has 0 bridgehead atoms. The largest absolute Gasteiger partial charge is 0.270 e. The minimum absolute atomic E-state index is 0.150. The predicted molar refractivity (Wildman–Crippen MR) is 89.0 cm³/mol. The Kier molecular flexibility index (Phi) is 4.99. The summed E-state index contributed by atoms with van der Waals surface area (Å²) in [4.78, 5) is 10.0. The van der Waals surface area contributed by atoms with Crippen molar-refractivity contribution in [1.82, 2.24) is 0 Å². The number of rotatable bonds is 6. The fourth-order valence-corrected chi connectivity index (χ4v) is 3.89. The van der Waals surface area contributed by atoms with E-state index in [2.05, 4.69) is 6.58 Å². The van der Waals surface area contributed by atoms with Crippen LogP contribution in [0.5, 0.6) is 0 Å². The standard InChI is InChI=1S/C16H15FN2O4S/c1-3-10-18(15-7-5-4-6-14(15)17)24(22,23)16-11-13(19(20)21)9-8-12(16)2/h3-9,11H,1,10H2,2H3. The molecule has 0 N–H and O–H groups in total. The summed E-state index contributed by atoms with van der Waals surface area (Å²) < 4.78 is 40.8. The SMILES string of the molecule is C=CCN(c1ccccc1F)S(=O)(=O)c1cc([N+](=O)[O-])ccc1C. The van der Waals surface area contributed by atoms with E-state index >= 15 is 0 Å². The van der Waals surface area contributed by atoms with E-state index in [-0.39, 0.29) is 22.8 Å². The lowest BCUT2D eigenvalue weighted by Gasteiger charge is -2.24. The molecule has 0 unspecified atom stereocenters. The molecule has 0 saturated heterocycles. The van der Waals surface area contributed by atoms with Crippen LogP contribution in [0.3, 0.4) is 0 Å². The molecule has 2 rings (SSSR count). The molecule has 6 nitrogen and oxygen atoms in total. The highest BCUT2D eigenvalue weighted by Gasteiger charge is 2.29. The number of nitro benzene ring substituents is 1. The van der Waals surface area contributed by atoms with E-state index < -0.39 is 20.8 Å². The van der Waals surface area contributed by atoms with Crippen molar-refractivity contribution in [2.75, 3.05) is 10.8 Å². The van der Waals surface area contributed by atoms with Crippen molar-refractivity contribution in [3.8, 4) is 0 Å². The van der Waals surface area contributed by atoms with Crippen LogP contribution < -0.4 is 4.31 Å². The molecule has 0 fully saturated rings. The Labute approximate surface area is 139 Å². The normalized spacial score (nSPS) is 11.1. The van der Waals surface area contributed by atoms with Gasteiger partial charge in [0.25, 0.3) is 15.7 Å². The van der Waals surface area contributed by atoms with Crippen LogP contribution in [0.15, 0.2) is 60.0 Å². The lowest BCUT2D eigenvalue weighted by Crippen LogP contribution is -2.32. The van der Waals surface area contributed by atoms with Gasteiger partial charge in [-0.1, -0.05) is 24.3 Å². The summed E-state index contributed by atoms with van der Waals surface area (Å²) in [5.41, 5.74) is -0.180. The summed E-state index contributed by atoms with van der Waals surface area (Å²) in [6.07, 6.45) is 1.32. The third-order valence-corrected chi connectivity index (χ3v) is 5.29. The van der Waals surface area contributed by atoms with Crippen LogP contribution in [0.4, 0.5) is 15.8 Å². The van der Waals surface area contributed by atoms with Crippen LogP contribution in [0.2, 0.25) is 0 Å². The van der Waals surface area contributed by atoms with Crippen molar-refractivity contribution in [2.45, 2.75) is 11.8 Å². The van der Waals surface area contributed by atoms with Crippen LogP contribution in [0, 0.1) is 22.9 Å². The van der Waals surface area contributed by atoms with Crippen LogP contribution >= 0.6 is 0 Å². The highest BCUT2D eigenvalue weighted by molar-refractivity contribution is 7.92. The van der Waals surface area contributed by atoms with Crippen LogP contribution in [0.1, 0.15) is 5.56 Å². The van der Waals surface area contributed by atoms with E-state index in [1.54, 1.807) is 0 Å². The Morgan fingerprint density at radius 1 is 1.29 bits per heavy atom. The molecule has 24 heavy (non-hydrogen) atoms. The number of para-hydroxylation sites is 1. The van der Waals surface area contributed by atoms with Gasteiger partial charge in [0.1, 0.15) is 5.82 Å². The van der Waals surface area contributed by atoms with Crippen molar-refractivity contribution >= 4 is 21.4 Å². The van der Waals surface area contributed by atoms with E-state index in [0.29, 0.717) is 5.56 Å². The van der Waals surface area contributed by atoms with Gasteiger partial charge < -0.3 is 0 Å². The summed E-state index contributed by atoms with van der Waals surface area (Å²) in [5.74, 6) is -0.717. The monoisotopic (exact) mass is 350 g/mol. The smallest absolute Gasteiger partial charge is 0.260 e. The Morgan fingerprint density at radius 2 is 1.96 bits per heavy atom. The molecule has 0 aromatic heterocycles. The summed E-state index contributed by atoms with van der Waals surface area (Å²) in [5, 5.41) is 10.9. The van der Waals surface area contributed by atoms with Crippen molar-refractivity contribution in [3.05, 3.63) is 76.6 Å². The number of nitrogens with zero attached hydrogens (tertiary/aromatic N) is 2. The summed E-state index contributed by atoms with van der Waals surface area (Å²) >= 11 is 0. The minimum atomic E-state index is -4.21. The molecule has 0 amide bonds. The van der Waals surface area contributed by atoms with E-state index in [0.717, 1.165) is 16.4 Å². The molecule has 2 aromatic carbocycles. The molecule has 0 atom stereocenters. The number of benzene rings is 2. The Bertz CT molecular complexity index is 897. The lowest BCUT2D eigenvalue weighted by atomic mass is 10.2. The molecule has 8 heteroatoms. The van der Waals surface area contributed by atoms with Gasteiger partial charge in [0.05, 0.1) is 22.1 Å². The van der Waals surface area contributed by atoms with Gasteiger partial charge in [-0.15, -0.1) is 6.58 Å². The van der Waals surface area contributed by atoms with Gasteiger partial charge in [0.2, 0.25) is 0 Å². The van der Waals surface area contributed by atoms with Crippen molar-refractivity contribution < 1.29 is 17.7 Å². The van der Waals surface area contributed by atoms with Gasteiger partial charge in [-0.05, 0) is 24.6 Å². The topological polar surface area (TPSA) is 80.5 Å². The fraction of sp³-hybridized carbons (Fsp3) is 0.125. The number of aryl methyl sites for hydroxylation is 1. The summed E-state index contributed by atoms with van der Waals surface area (Å²) in [6.45, 7) is 4.84. The Morgan fingerprint density at radius 3 is 2.54 bits per heavy atom. The molecule has 0 saturated carbocycles. The summed E-state index contributed by atoms with van der Waals surface area (Å²) in [7, 11) is -4.21. The minimum Gasteiger partial charge on any atom is -0.260 e. The van der Waals surface area contributed by atoms with Crippen molar-refractivity contribution in [1.29, 1.82) is 0 Å². The zero-order chi connectivity index (χ0) is 17.9. The maximum atomic E-state index is 14.1. The molecule has 0 aliphatic heterocycles. The zero-order valence-electron chi connectivity index (χ0n) is 12.8. The number of sulfonamides is 1. The first-order valence-corrected chi connectivity index (χ1v) is 8.36. The fourth-order valence-electron chi connectivity index (χ4n) is 2.20. The third-order valence-electron chi connectivity index (χ3n) is 3.37. The number of hydrogen-bond donors (Lipinski definition) is 0. The van der Waals surface area contributed by atoms with Crippen LogP contribution in [0.25, 0.3) is 0 Å². The number of halogens is 1. The quantitative estimate of drug-likeness (QED) is 0.454. The molecule has 0 aliphatic carbocycles. The number of hydrogen-bond acceptors (Lipinski definition) is 4. The van der Waals surface area contributed by atoms with Crippen molar-refractivity contribution in [3.63, 3.8) is 0 Å². The maximum Gasteiger partial charge on any atom is 0.270 e. The number of anilines is 1. The van der Waals surface area contributed by atoms with Crippen LogP contribution in [-0.4, -0.2) is 19.9 Å². The van der Waals surface area contributed by atoms with E-state index in [4.69, 9.17) is 0 Å². The Hall–Kier alpha value is -2.74. The molecular weight excluding hydrogens is 335 g/mol. The predicted octanol–water partition coefficient (Wildman–Crippen LogP) is 3.42. The van der Waals surface area contributed by atoms with Gasteiger partial charge in [-0.3, -0.25) is 14.4 Å². The van der Waals surface area contributed by atoms with Crippen molar-refractivity contribution in [2.24, 2.45) is 0 Å². The second-order valence-electron chi connectivity index (χ2n) is 4.98. The molecule has 0 heterocycles. The van der Waals surface area contributed by atoms with E-state index in [9.17, 15) is 22.9 Å². The van der Waals surface area contributed by atoms with Crippen LogP contribution in [-0.2, 0) is 10.0 Å². The first-order valence-electron chi connectivity index (χ1n) is 6.92. The maximum absolute atomic E-state index is 14.1. The zero-order valence-corrected chi connectivity index (χ0v) is 13.7. The molecule has 126 valence electrons. The molecule has 0 radical (unpaired) electrons. The van der Waals surface area contributed by atoms with Gasteiger partial charge in [-0.25, -0.2) is 12.8 Å². The molecule has 0 spiro atoms. The van der Waals surface area contributed by atoms with Gasteiger partial charge in [0, 0.05) is 12.1 Å². The second-order valence-corrected chi connectivity index (χ2v) is 6.81. The Balaban J connectivity index is 2.66. The number of non-ortho nitro benzene ring substituents is 1. The molecular formula is C16H15FN2O4S. The van der Waals surface area contributed by atoms with Gasteiger partial charge in [0.15, 0.2) is 0 Å². The molecule has 0 aliphatic rings. The average molecular weight is 350 g/mol.